The van der Waals surface area contributed by atoms with Crippen molar-refractivity contribution in [3.8, 4) is 0 Å². The van der Waals surface area contributed by atoms with Crippen molar-refractivity contribution in [2.24, 2.45) is 5.41 Å². The van der Waals surface area contributed by atoms with E-state index in [2.05, 4.69) is 31.2 Å². The van der Waals surface area contributed by atoms with Crippen molar-refractivity contribution >= 4 is 11.6 Å². The standard InChI is InChI=1S/C13H17Cl/c1-13(9-5-6-10-13)12(14)11-7-3-2-4-8-11/h2-4,7-8,12H,5-6,9-10H2,1H3. The fraction of sp³-hybridized carbons (Fsp3) is 0.538. The Labute approximate surface area is 91.3 Å². The predicted octanol–water partition coefficient (Wildman–Crippen LogP) is 4.55. The normalized spacial score (nSPS) is 22.1. The van der Waals surface area contributed by atoms with Gasteiger partial charge in [-0.3, -0.25) is 0 Å². The first-order valence-corrected chi connectivity index (χ1v) is 5.85. The van der Waals surface area contributed by atoms with Gasteiger partial charge in [-0.25, -0.2) is 0 Å². The zero-order valence-corrected chi connectivity index (χ0v) is 9.43. The Morgan fingerprint density at radius 2 is 1.71 bits per heavy atom. The molecule has 0 bridgehead atoms. The quantitative estimate of drug-likeness (QED) is 0.626. The highest BCUT2D eigenvalue weighted by molar-refractivity contribution is 6.21. The molecule has 76 valence electrons. The molecule has 14 heavy (non-hydrogen) atoms. The fourth-order valence-electron chi connectivity index (χ4n) is 2.46. The van der Waals surface area contributed by atoms with Crippen LogP contribution >= 0.6 is 11.6 Å². The Kier molecular flexibility index (Phi) is 2.83. The van der Waals surface area contributed by atoms with E-state index in [-0.39, 0.29) is 5.38 Å². The lowest BCUT2D eigenvalue weighted by molar-refractivity contribution is 0.322. The van der Waals surface area contributed by atoms with Crippen molar-refractivity contribution in [3.63, 3.8) is 0 Å². The van der Waals surface area contributed by atoms with Crippen LogP contribution in [0.3, 0.4) is 0 Å². The van der Waals surface area contributed by atoms with Crippen LogP contribution in [-0.4, -0.2) is 0 Å². The molecule has 1 atom stereocenters. The van der Waals surface area contributed by atoms with Gasteiger partial charge in [0.25, 0.3) is 0 Å². The average molecular weight is 209 g/mol. The number of benzene rings is 1. The molecule has 1 saturated carbocycles. The Bertz CT molecular complexity index is 285. The summed E-state index contributed by atoms with van der Waals surface area (Å²) in [5.74, 6) is 0. The highest BCUT2D eigenvalue weighted by Gasteiger charge is 2.36. The molecule has 1 unspecified atom stereocenters. The van der Waals surface area contributed by atoms with E-state index in [1.165, 1.54) is 31.2 Å². The summed E-state index contributed by atoms with van der Waals surface area (Å²) in [4.78, 5) is 0. The monoisotopic (exact) mass is 208 g/mol. The molecule has 0 heterocycles. The Hall–Kier alpha value is -0.490. The van der Waals surface area contributed by atoms with Crippen LogP contribution in [0.5, 0.6) is 0 Å². The van der Waals surface area contributed by atoms with Crippen LogP contribution in [0.1, 0.15) is 43.5 Å². The van der Waals surface area contributed by atoms with Gasteiger partial charge in [-0.1, -0.05) is 50.1 Å². The third-order valence-corrected chi connectivity index (χ3v) is 4.23. The summed E-state index contributed by atoms with van der Waals surface area (Å²) < 4.78 is 0. The maximum atomic E-state index is 6.55. The van der Waals surface area contributed by atoms with Crippen LogP contribution in [0.2, 0.25) is 0 Å². The molecule has 2 rings (SSSR count). The first-order valence-electron chi connectivity index (χ1n) is 5.41. The zero-order chi connectivity index (χ0) is 10.0. The van der Waals surface area contributed by atoms with E-state index < -0.39 is 0 Å². The maximum Gasteiger partial charge on any atom is 0.0638 e. The average Bonchev–Trinajstić information content (AvgIpc) is 2.67. The summed E-state index contributed by atoms with van der Waals surface area (Å²) in [6, 6.07) is 10.5. The van der Waals surface area contributed by atoms with Crippen molar-refractivity contribution in [2.45, 2.75) is 38.0 Å². The second kappa shape index (κ2) is 3.94. The summed E-state index contributed by atoms with van der Waals surface area (Å²) in [6.45, 7) is 2.32. The van der Waals surface area contributed by atoms with E-state index in [9.17, 15) is 0 Å². The minimum absolute atomic E-state index is 0.186. The van der Waals surface area contributed by atoms with Crippen molar-refractivity contribution in [1.82, 2.24) is 0 Å². The molecular formula is C13H17Cl. The van der Waals surface area contributed by atoms with Gasteiger partial charge in [0.1, 0.15) is 0 Å². The molecule has 0 aliphatic heterocycles. The minimum Gasteiger partial charge on any atom is -0.117 e. The van der Waals surface area contributed by atoms with Crippen molar-refractivity contribution in [3.05, 3.63) is 35.9 Å². The van der Waals surface area contributed by atoms with E-state index in [1.54, 1.807) is 0 Å². The Morgan fingerprint density at radius 1 is 1.14 bits per heavy atom. The number of hydrogen-bond donors (Lipinski definition) is 0. The van der Waals surface area contributed by atoms with Crippen LogP contribution in [0.4, 0.5) is 0 Å². The Balaban J connectivity index is 2.19. The van der Waals surface area contributed by atoms with Gasteiger partial charge in [-0.05, 0) is 23.8 Å². The molecule has 0 radical (unpaired) electrons. The smallest absolute Gasteiger partial charge is 0.0638 e. The molecule has 0 nitrogen and oxygen atoms in total. The highest BCUT2D eigenvalue weighted by atomic mass is 35.5. The predicted molar refractivity (Wildman–Crippen MR) is 61.6 cm³/mol. The second-order valence-electron chi connectivity index (χ2n) is 4.63. The van der Waals surface area contributed by atoms with Crippen LogP contribution in [-0.2, 0) is 0 Å². The first kappa shape index (κ1) is 10.0. The molecule has 0 N–H and O–H groups in total. The van der Waals surface area contributed by atoms with E-state index in [4.69, 9.17) is 11.6 Å². The molecule has 1 fully saturated rings. The number of rotatable bonds is 2. The van der Waals surface area contributed by atoms with Crippen LogP contribution in [0.25, 0.3) is 0 Å². The van der Waals surface area contributed by atoms with E-state index in [0.717, 1.165) is 0 Å². The van der Waals surface area contributed by atoms with Crippen molar-refractivity contribution < 1.29 is 0 Å². The lowest BCUT2D eigenvalue weighted by Crippen LogP contribution is -2.17. The molecule has 0 amide bonds. The molecule has 1 aromatic rings. The molecular weight excluding hydrogens is 192 g/mol. The third-order valence-electron chi connectivity index (χ3n) is 3.45. The summed E-state index contributed by atoms with van der Waals surface area (Å²) in [5, 5.41) is 0.186. The van der Waals surface area contributed by atoms with Crippen LogP contribution in [0, 0.1) is 5.41 Å². The van der Waals surface area contributed by atoms with Gasteiger partial charge in [0.2, 0.25) is 0 Å². The lowest BCUT2D eigenvalue weighted by atomic mass is 9.81. The summed E-state index contributed by atoms with van der Waals surface area (Å²) in [6.07, 6.45) is 5.23. The van der Waals surface area contributed by atoms with E-state index in [0.29, 0.717) is 5.41 Å². The molecule has 1 heteroatoms. The van der Waals surface area contributed by atoms with Gasteiger partial charge in [0, 0.05) is 0 Å². The lowest BCUT2D eigenvalue weighted by Gasteiger charge is -2.29. The summed E-state index contributed by atoms with van der Waals surface area (Å²) >= 11 is 6.55. The number of alkyl halides is 1. The summed E-state index contributed by atoms with van der Waals surface area (Å²) in [7, 11) is 0. The zero-order valence-electron chi connectivity index (χ0n) is 8.67. The fourth-order valence-corrected chi connectivity index (χ4v) is 2.82. The number of halogens is 1. The van der Waals surface area contributed by atoms with Gasteiger partial charge in [0.05, 0.1) is 5.38 Å². The minimum atomic E-state index is 0.186. The molecule has 0 spiro atoms. The van der Waals surface area contributed by atoms with Crippen molar-refractivity contribution in [1.29, 1.82) is 0 Å². The Morgan fingerprint density at radius 3 is 2.29 bits per heavy atom. The molecule has 1 aromatic carbocycles. The van der Waals surface area contributed by atoms with Crippen LogP contribution < -0.4 is 0 Å². The maximum absolute atomic E-state index is 6.55. The van der Waals surface area contributed by atoms with Gasteiger partial charge in [0.15, 0.2) is 0 Å². The SMILES string of the molecule is CC1(C(Cl)c2ccccc2)CCCC1. The van der Waals surface area contributed by atoms with Gasteiger partial charge >= 0.3 is 0 Å². The van der Waals surface area contributed by atoms with E-state index >= 15 is 0 Å². The van der Waals surface area contributed by atoms with Crippen molar-refractivity contribution in [2.75, 3.05) is 0 Å². The van der Waals surface area contributed by atoms with E-state index in [1.807, 2.05) is 6.07 Å². The highest BCUT2D eigenvalue weighted by Crippen LogP contribution is 2.50. The molecule has 1 aliphatic carbocycles. The molecule has 0 aromatic heterocycles. The second-order valence-corrected chi connectivity index (χ2v) is 5.07. The van der Waals surface area contributed by atoms with Gasteiger partial charge < -0.3 is 0 Å². The summed E-state index contributed by atoms with van der Waals surface area (Å²) in [5.41, 5.74) is 1.60. The first-order chi connectivity index (χ1) is 6.72. The topological polar surface area (TPSA) is 0 Å². The van der Waals surface area contributed by atoms with Crippen LogP contribution in [0.15, 0.2) is 30.3 Å². The number of hydrogen-bond acceptors (Lipinski definition) is 0. The molecule has 0 saturated heterocycles. The van der Waals surface area contributed by atoms with Gasteiger partial charge in [-0.2, -0.15) is 0 Å². The van der Waals surface area contributed by atoms with Gasteiger partial charge in [-0.15, -0.1) is 11.6 Å². The largest absolute Gasteiger partial charge is 0.117 e. The third kappa shape index (κ3) is 1.81. The molecule has 1 aliphatic rings.